The Morgan fingerprint density at radius 2 is 1.59 bits per heavy atom. The van der Waals surface area contributed by atoms with Crippen LogP contribution < -0.4 is 10.1 Å². The molecular formula is C19H31NO2. The maximum atomic E-state index is 6.27. The van der Waals surface area contributed by atoms with E-state index in [1.807, 2.05) is 12.1 Å². The Kier molecular flexibility index (Phi) is 6.27. The molecular weight excluding hydrogens is 274 g/mol. The molecule has 1 N–H and O–H groups in total. The van der Waals surface area contributed by atoms with Crippen molar-refractivity contribution in [3.8, 4) is 5.75 Å². The average Bonchev–Trinajstić information content (AvgIpc) is 2.53. The van der Waals surface area contributed by atoms with Gasteiger partial charge in [-0.3, -0.25) is 0 Å². The molecule has 22 heavy (non-hydrogen) atoms. The van der Waals surface area contributed by atoms with Crippen molar-refractivity contribution in [2.45, 2.75) is 65.3 Å². The summed E-state index contributed by atoms with van der Waals surface area (Å²) in [5.41, 5.74) is 1.30. The van der Waals surface area contributed by atoms with Gasteiger partial charge in [-0.25, -0.2) is 0 Å². The van der Waals surface area contributed by atoms with Crippen molar-refractivity contribution in [1.29, 1.82) is 0 Å². The zero-order chi connectivity index (χ0) is 16.1. The molecule has 3 heteroatoms. The molecule has 0 saturated carbocycles. The Hall–Kier alpha value is -1.06. The number of benzene rings is 1. The number of hydrogen-bond acceptors (Lipinski definition) is 3. The molecule has 3 nitrogen and oxygen atoms in total. The standard InChI is InChI=1S/C19H31NO2/c1-13(2)18-10-16(11-19(22-18)14(3)4)20-12-15-6-8-17(21-5)9-7-15/h6-9,13-14,16,18-20H,10-12H2,1-5H3/t18-,19-/m0/s1. The monoisotopic (exact) mass is 305 g/mol. The fourth-order valence-corrected chi connectivity index (χ4v) is 3.02. The fourth-order valence-electron chi connectivity index (χ4n) is 3.02. The molecule has 1 fully saturated rings. The summed E-state index contributed by atoms with van der Waals surface area (Å²) in [5.74, 6) is 2.06. The minimum Gasteiger partial charge on any atom is -0.497 e. The van der Waals surface area contributed by atoms with Crippen molar-refractivity contribution in [3.63, 3.8) is 0 Å². The highest BCUT2D eigenvalue weighted by atomic mass is 16.5. The highest BCUT2D eigenvalue weighted by Crippen LogP contribution is 2.28. The van der Waals surface area contributed by atoms with Gasteiger partial charge in [-0.15, -0.1) is 0 Å². The Labute approximate surface area is 135 Å². The lowest BCUT2D eigenvalue weighted by atomic mass is 9.88. The van der Waals surface area contributed by atoms with Gasteiger partial charge >= 0.3 is 0 Å². The molecule has 124 valence electrons. The van der Waals surface area contributed by atoms with E-state index >= 15 is 0 Å². The van der Waals surface area contributed by atoms with Gasteiger partial charge < -0.3 is 14.8 Å². The zero-order valence-electron chi connectivity index (χ0n) is 14.6. The van der Waals surface area contributed by atoms with Crippen molar-refractivity contribution < 1.29 is 9.47 Å². The molecule has 0 radical (unpaired) electrons. The third-order valence-electron chi connectivity index (χ3n) is 4.62. The second-order valence-corrected chi connectivity index (χ2v) is 7.10. The molecule has 1 aromatic rings. The van der Waals surface area contributed by atoms with Crippen LogP contribution in [0.4, 0.5) is 0 Å². The van der Waals surface area contributed by atoms with Crippen LogP contribution in [0.2, 0.25) is 0 Å². The number of methoxy groups -OCH3 is 1. The van der Waals surface area contributed by atoms with Crippen molar-refractivity contribution in [2.75, 3.05) is 7.11 Å². The first-order chi connectivity index (χ1) is 10.5. The normalized spacial score (nSPS) is 25.7. The molecule has 1 aliphatic rings. The van der Waals surface area contributed by atoms with Crippen LogP contribution in [0.5, 0.6) is 5.75 Å². The lowest BCUT2D eigenvalue weighted by Crippen LogP contribution is -2.46. The van der Waals surface area contributed by atoms with Gasteiger partial charge in [0.1, 0.15) is 5.75 Å². The molecule has 0 aromatic heterocycles. The highest BCUT2D eigenvalue weighted by Gasteiger charge is 2.32. The van der Waals surface area contributed by atoms with Crippen molar-refractivity contribution in [3.05, 3.63) is 29.8 Å². The molecule has 1 heterocycles. The number of ether oxygens (including phenoxy) is 2. The van der Waals surface area contributed by atoms with Crippen LogP contribution >= 0.6 is 0 Å². The fraction of sp³-hybridized carbons (Fsp3) is 0.684. The van der Waals surface area contributed by atoms with Gasteiger partial charge in [0.05, 0.1) is 19.3 Å². The lowest BCUT2D eigenvalue weighted by Gasteiger charge is -2.39. The second-order valence-electron chi connectivity index (χ2n) is 7.10. The molecule has 1 aliphatic heterocycles. The van der Waals surface area contributed by atoms with E-state index in [-0.39, 0.29) is 0 Å². The summed E-state index contributed by atoms with van der Waals surface area (Å²) >= 11 is 0. The molecule has 0 amide bonds. The first-order valence-corrected chi connectivity index (χ1v) is 8.51. The molecule has 2 atom stereocenters. The summed E-state index contributed by atoms with van der Waals surface area (Å²) in [6.07, 6.45) is 2.96. The van der Waals surface area contributed by atoms with E-state index in [0.29, 0.717) is 30.1 Å². The summed E-state index contributed by atoms with van der Waals surface area (Å²) in [6.45, 7) is 9.94. The van der Waals surface area contributed by atoms with E-state index in [0.717, 1.165) is 25.1 Å². The largest absolute Gasteiger partial charge is 0.497 e. The predicted molar refractivity (Wildman–Crippen MR) is 91.2 cm³/mol. The first kappa shape index (κ1) is 17.3. The molecule has 1 saturated heterocycles. The van der Waals surface area contributed by atoms with Gasteiger partial charge in [0.15, 0.2) is 0 Å². The molecule has 1 aromatic carbocycles. The van der Waals surface area contributed by atoms with Crippen LogP contribution in [-0.4, -0.2) is 25.4 Å². The van der Waals surface area contributed by atoms with E-state index in [9.17, 15) is 0 Å². The quantitative estimate of drug-likeness (QED) is 0.861. The topological polar surface area (TPSA) is 30.5 Å². The van der Waals surface area contributed by atoms with E-state index in [1.165, 1.54) is 5.56 Å². The molecule has 2 rings (SSSR count). The van der Waals surface area contributed by atoms with E-state index in [1.54, 1.807) is 7.11 Å². The van der Waals surface area contributed by atoms with Gasteiger partial charge in [0.25, 0.3) is 0 Å². The van der Waals surface area contributed by atoms with Crippen LogP contribution in [0.1, 0.15) is 46.1 Å². The van der Waals surface area contributed by atoms with Gasteiger partial charge in [-0.1, -0.05) is 39.8 Å². The van der Waals surface area contributed by atoms with E-state index in [4.69, 9.17) is 9.47 Å². The SMILES string of the molecule is COc1ccc(CNC2C[C@@H](C(C)C)O[C@H](C(C)C)C2)cc1. The smallest absolute Gasteiger partial charge is 0.118 e. The van der Waals surface area contributed by atoms with Crippen LogP contribution in [-0.2, 0) is 11.3 Å². The predicted octanol–water partition coefficient (Wildman–Crippen LogP) is 4.01. The zero-order valence-corrected chi connectivity index (χ0v) is 14.6. The van der Waals surface area contributed by atoms with Crippen molar-refractivity contribution in [1.82, 2.24) is 5.32 Å². The summed E-state index contributed by atoms with van der Waals surface area (Å²) < 4.78 is 11.5. The van der Waals surface area contributed by atoms with Crippen LogP contribution in [0.25, 0.3) is 0 Å². The summed E-state index contributed by atoms with van der Waals surface area (Å²) in [7, 11) is 1.70. The molecule has 0 aliphatic carbocycles. The second kappa shape index (κ2) is 7.98. The van der Waals surface area contributed by atoms with Gasteiger partial charge in [0.2, 0.25) is 0 Å². The van der Waals surface area contributed by atoms with Crippen LogP contribution in [0.3, 0.4) is 0 Å². The number of hydrogen-bond donors (Lipinski definition) is 1. The van der Waals surface area contributed by atoms with Gasteiger partial charge in [0, 0.05) is 12.6 Å². The Balaban J connectivity index is 1.92. The Bertz CT molecular complexity index is 425. The third-order valence-corrected chi connectivity index (χ3v) is 4.62. The minimum absolute atomic E-state index is 0.370. The number of nitrogens with one attached hydrogen (secondary N) is 1. The lowest BCUT2D eigenvalue weighted by molar-refractivity contribution is -0.0995. The summed E-state index contributed by atoms with van der Waals surface area (Å²) in [4.78, 5) is 0. The van der Waals surface area contributed by atoms with Crippen LogP contribution in [0, 0.1) is 11.8 Å². The Morgan fingerprint density at radius 3 is 2.05 bits per heavy atom. The van der Waals surface area contributed by atoms with Crippen molar-refractivity contribution >= 4 is 0 Å². The molecule has 0 bridgehead atoms. The minimum atomic E-state index is 0.370. The number of rotatable bonds is 6. The maximum absolute atomic E-state index is 6.27. The molecule has 0 unspecified atom stereocenters. The van der Waals surface area contributed by atoms with E-state index in [2.05, 4.69) is 45.1 Å². The van der Waals surface area contributed by atoms with Gasteiger partial charge in [-0.05, 0) is 42.4 Å². The van der Waals surface area contributed by atoms with Crippen LogP contribution in [0.15, 0.2) is 24.3 Å². The van der Waals surface area contributed by atoms with E-state index < -0.39 is 0 Å². The third kappa shape index (κ3) is 4.72. The summed E-state index contributed by atoms with van der Waals surface area (Å²) in [5, 5.41) is 3.72. The summed E-state index contributed by atoms with van der Waals surface area (Å²) in [6, 6.07) is 8.84. The maximum Gasteiger partial charge on any atom is 0.118 e. The van der Waals surface area contributed by atoms with Gasteiger partial charge in [-0.2, -0.15) is 0 Å². The van der Waals surface area contributed by atoms with Crippen molar-refractivity contribution in [2.24, 2.45) is 11.8 Å². The molecule has 0 spiro atoms. The average molecular weight is 305 g/mol. The highest BCUT2D eigenvalue weighted by molar-refractivity contribution is 5.27. The first-order valence-electron chi connectivity index (χ1n) is 8.51. The Morgan fingerprint density at radius 1 is 1.05 bits per heavy atom.